The van der Waals surface area contributed by atoms with Gasteiger partial charge in [-0.25, -0.2) is 0 Å². The van der Waals surface area contributed by atoms with E-state index < -0.39 is 6.18 Å². The lowest BCUT2D eigenvalue weighted by molar-refractivity contribution is -0.137. The number of fused-ring (bicyclic) bond motifs is 2. The van der Waals surface area contributed by atoms with Crippen LogP contribution in [0.15, 0.2) is 18.2 Å². The number of nitrogens with zero attached hydrogens (tertiary/aromatic N) is 1. The van der Waals surface area contributed by atoms with Crippen molar-refractivity contribution in [3.05, 3.63) is 29.3 Å². The predicted molar refractivity (Wildman–Crippen MR) is 87.8 cm³/mol. The predicted octanol–water partition coefficient (Wildman–Crippen LogP) is 5.96. The molecule has 0 spiro atoms. The van der Waals surface area contributed by atoms with Crippen molar-refractivity contribution in [1.29, 1.82) is 0 Å². The van der Waals surface area contributed by atoms with E-state index in [1.54, 1.807) is 12.1 Å². The number of hydrogen-bond donors (Lipinski definition) is 0. The first-order valence-electron chi connectivity index (χ1n) is 8.99. The SMILES string of the molecule is CCCCCc1cccc(N2C3CCCC2CC3)c1C(F)(F)F. The number of unbranched alkanes of at least 4 members (excludes halogenated alkanes) is 2. The van der Waals surface area contributed by atoms with Gasteiger partial charge in [0.2, 0.25) is 0 Å². The molecule has 23 heavy (non-hydrogen) atoms. The number of hydrogen-bond acceptors (Lipinski definition) is 1. The second-order valence-electron chi connectivity index (χ2n) is 6.99. The van der Waals surface area contributed by atoms with Gasteiger partial charge in [-0.2, -0.15) is 13.2 Å². The first-order chi connectivity index (χ1) is 11.0. The van der Waals surface area contributed by atoms with Gasteiger partial charge >= 0.3 is 6.18 Å². The van der Waals surface area contributed by atoms with E-state index >= 15 is 0 Å². The van der Waals surface area contributed by atoms with Crippen molar-refractivity contribution in [2.45, 2.75) is 83.0 Å². The molecule has 4 heteroatoms. The minimum Gasteiger partial charge on any atom is -0.365 e. The Balaban J connectivity index is 1.97. The highest BCUT2D eigenvalue weighted by Gasteiger charge is 2.43. The molecule has 3 rings (SSSR count). The molecule has 2 aliphatic heterocycles. The van der Waals surface area contributed by atoms with E-state index in [-0.39, 0.29) is 5.56 Å². The van der Waals surface area contributed by atoms with Crippen LogP contribution in [-0.4, -0.2) is 12.1 Å². The largest absolute Gasteiger partial charge is 0.418 e. The number of alkyl halides is 3. The molecule has 0 aliphatic carbocycles. The van der Waals surface area contributed by atoms with Gasteiger partial charge in [0.1, 0.15) is 0 Å². The maximum absolute atomic E-state index is 13.8. The fourth-order valence-corrected chi connectivity index (χ4v) is 4.41. The zero-order valence-corrected chi connectivity index (χ0v) is 13.8. The van der Waals surface area contributed by atoms with Crippen LogP contribution < -0.4 is 4.90 Å². The molecule has 128 valence electrons. The summed E-state index contributed by atoms with van der Waals surface area (Å²) in [5.74, 6) is 0. The minimum absolute atomic E-state index is 0.306. The minimum atomic E-state index is -4.27. The van der Waals surface area contributed by atoms with Crippen LogP contribution in [0.5, 0.6) is 0 Å². The normalized spacial score (nSPS) is 24.3. The highest BCUT2D eigenvalue weighted by molar-refractivity contribution is 5.60. The molecular weight excluding hydrogens is 299 g/mol. The maximum atomic E-state index is 13.8. The van der Waals surface area contributed by atoms with Gasteiger partial charge < -0.3 is 4.90 Å². The highest BCUT2D eigenvalue weighted by Crippen LogP contribution is 2.46. The monoisotopic (exact) mass is 325 g/mol. The standard InChI is InChI=1S/C19H26F3N/c1-2-3-4-7-14-8-5-11-17(18(14)19(20,21)22)23-15-9-6-10-16(23)13-12-15/h5,8,11,15-16H,2-4,6-7,9-10,12-13H2,1H3. The molecule has 1 aromatic rings. The topological polar surface area (TPSA) is 3.24 Å². The summed E-state index contributed by atoms with van der Waals surface area (Å²) >= 11 is 0. The Morgan fingerprint density at radius 2 is 1.74 bits per heavy atom. The fourth-order valence-electron chi connectivity index (χ4n) is 4.41. The molecule has 0 saturated carbocycles. The van der Waals surface area contributed by atoms with E-state index in [4.69, 9.17) is 0 Å². The molecular formula is C19H26F3N. The molecule has 2 heterocycles. The first-order valence-corrected chi connectivity index (χ1v) is 8.99. The Morgan fingerprint density at radius 3 is 2.35 bits per heavy atom. The molecule has 2 saturated heterocycles. The summed E-state index contributed by atoms with van der Waals surface area (Å²) in [5, 5.41) is 0. The van der Waals surface area contributed by atoms with Gasteiger partial charge in [-0.3, -0.25) is 0 Å². The Morgan fingerprint density at radius 1 is 1.04 bits per heavy atom. The van der Waals surface area contributed by atoms with Crippen molar-refractivity contribution in [2.24, 2.45) is 0 Å². The summed E-state index contributed by atoms with van der Waals surface area (Å²) < 4.78 is 41.5. The van der Waals surface area contributed by atoms with Crippen molar-refractivity contribution in [2.75, 3.05) is 4.90 Å². The van der Waals surface area contributed by atoms with Crippen LogP contribution in [0.2, 0.25) is 0 Å². The first kappa shape index (κ1) is 16.7. The van der Waals surface area contributed by atoms with E-state index in [9.17, 15) is 13.2 Å². The number of anilines is 1. The van der Waals surface area contributed by atoms with E-state index in [0.29, 0.717) is 29.8 Å². The van der Waals surface area contributed by atoms with Crippen LogP contribution in [0, 0.1) is 0 Å². The van der Waals surface area contributed by atoms with Gasteiger partial charge in [0.05, 0.1) is 5.56 Å². The van der Waals surface area contributed by atoms with Crippen LogP contribution >= 0.6 is 0 Å². The molecule has 2 bridgehead atoms. The van der Waals surface area contributed by atoms with Crippen LogP contribution in [0.1, 0.15) is 69.4 Å². The average Bonchev–Trinajstić information content (AvgIpc) is 2.75. The molecule has 1 aromatic carbocycles. The molecule has 2 atom stereocenters. The van der Waals surface area contributed by atoms with Crippen LogP contribution in [-0.2, 0) is 12.6 Å². The number of aryl methyl sites for hydroxylation is 1. The number of rotatable bonds is 5. The summed E-state index contributed by atoms with van der Waals surface area (Å²) in [4.78, 5) is 2.11. The summed E-state index contributed by atoms with van der Waals surface area (Å²) in [6.45, 7) is 2.08. The molecule has 2 unspecified atom stereocenters. The quantitative estimate of drug-likeness (QED) is 0.604. The van der Waals surface area contributed by atoms with Crippen molar-refractivity contribution >= 4 is 5.69 Å². The van der Waals surface area contributed by atoms with Gasteiger partial charge in [0, 0.05) is 17.8 Å². The summed E-state index contributed by atoms with van der Waals surface area (Å²) in [6.07, 6.45) is 4.41. The van der Waals surface area contributed by atoms with Crippen LogP contribution in [0.4, 0.5) is 18.9 Å². The number of halogens is 3. The van der Waals surface area contributed by atoms with Crippen molar-refractivity contribution in [3.63, 3.8) is 0 Å². The molecule has 0 amide bonds. The Hall–Kier alpha value is -1.19. The zero-order valence-electron chi connectivity index (χ0n) is 13.8. The van der Waals surface area contributed by atoms with Gasteiger partial charge in [0.25, 0.3) is 0 Å². The fraction of sp³-hybridized carbons (Fsp3) is 0.684. The molecule has 2 fully saturated rings. The third-order valence-electron chi connectivity index (χ3n) is 5.43. The van der Waals surface area contributed by atoms with Crippen molar-refractivity contribution in [3.8, 4) is 0 Å². The number of benzene rings is 1. The third-order valence-corrected chi connectivity index (χ3v) is 5.43. The van der Waals surface area contributed by atoms with E-state index in [2.05, 4.69) is 11.8 Å². The molecule has 1 nitrogen and oxygen atoms in total. The average molecular weight is 325 g/mol. The van der Waals surface area contributed by atoms with Crippen LogP contribution in [0.25, 0.3) is 0 Å². The Kier molecular flexibility index (Phi) is 4.88. The zero-order chi connectivity index (χ0) is 16.4. The summed E-state index contributed by atoms with van der Waals surface area (Å²) in [5.41, 5.74) is 0.557. The molecule has 0 aromatic heterocycles. The van der Waals surface area contributed by atoms with E-state index in [1.807, 2.05) is 6.07 Å². The lowest BCUT2D eigenvalue weighted by Gasteiger charge is -2.38. The van der Waals surface area contributed by atoms with Crippen molar-refractivity contribution in [1.82, 2.24) is 0 Å². The molecule has 0 radical (unpaired) electrons. The van der Waals surface area contributed by atoms with Crippen LogP contribution in [0.3, 0.4) is 0 Å². The van der Waals surface area contributed by atoms with Gasteiger partial charge in [-0.05, 0) is 56.6 Å². The highest BCUT2D eigenvalue weighted by atomic mass is 19.4. The Bertz CT molecular complexity index is 522. The molecule has 2 aliphatic rings. The molecule has 0 N–H and O–H groups in total. The van der Waals surface area contributed by atoms with Gasteiger partial charge in [0.15, 0.2) is 0 Å². The lowest BCUT2D eigenvalue weighted by Crippen LogP contribution is -2.41. The number of piperidine rings is 1. The van der Waals surface area contributed by atoms with Gasteiger partial charge in [-0.15, -0.1) is 0 Å². The lowest BCUT2D eigenvalue weighted by atomic mass is 9.95. The summed E-state index contributed by atoms with van der Waals surface area (Å²) in [7, 11) is 0. The van der Waals surface area contributed by atoms with E-state index in [1.165, 1.54) is 0 Å². The van der Waals surface area contributed by atoms with Crippen molar-refractivity contribution < 1.29 is 13.2 Å². The second kappa shape index (κ2) is 6.74. The smallest absolute Gasteiger partial charge is 0.365 e. The van der Waals surface area contributed by atoms with Gasteiger partial charge in [-0.1, -0.05) is 31.9 Å². The van der Waals surface area contributed by atoms with E-state index in [0.717, 1.165) is 51.4 Å². The third kappa shape index (κ3) is 3.36. The second-order valence-corrected chi connectivity index (χ2v) is 6.99. The maximum Gasteiger partial charge on any atom is 0.418 e. The summed E-state index contributed by atoms with van der Waals surface area (Å²) in [6, 6.07) is 5.80. The Labute approximate surface area is 136 Å².